The molecule has 0 spiro atoms. The van der Waals surface area contributed by atoms with Gasteiger partial charge in [0, 0.05) is 13.1 Å². The van der Waals surface area contributed by atoms with E-state index in [-0.39, 0.29) is 18.2 Å². The summed E-state index contributed by atoms with van der Waals surface area (Å²) in [7, 11) is 0. The molecular weight excluding hydrogens is 336 g/mol. The Morgan fingerprint density at radius 1 is 0.963 bits per heavy atom. The molecule has 0 saturated heterocycles. The van der Waals surface area contributed by atoms with Crippen molar-refractivity contribution < 1.29 is 9.59 Å². The lowest BCUT2D eigenvalue weighted by Gasteiger charge is -2.29. The predicted octanol–water partition coefficient (Wildman–Crippen LogP) is 3.73. The van der Waals surface area contributed by atoms with Crippen LogP contribution in [0.2, 0.25) is 0 Å². The maximum atomic E-state index is 13.0. The van der Waals surface area contributed by atoms with Gasteiger partial charge in [0.05, 0.1) is 6.42 Å². The summed E-state index contributed by atoms with van der Waals surface area (Å²) in [4.78, 5) is 27.3. The Morgan fingerprint density at radius 2 is 1.63 bits per heavy atom. The lowest BCUT2D eigenvalue weighted by Crippen LogP contribution is -2.48. The van der Waals surface area contributed by atoms with Crippen LogP contribution in [0.25, 0.3) is 0 Å². The number of amides is 2. The molecule has 144 valence electrons. The van der Waals surface area contributed by atoms with Crippen LogP contribution in [0.4, 0.5) is 0 Å². The van der Waals surface area contributed by atoms with Crippen molar-refractivity contribution in [3.63, 3.8) is 0 Å². The van der Waals surface area contributed by atoms with Crippen molar-refractivity contribution in [3.05, 3.63) is 71.3 Å². The summed E-state index contributed by atoms with van der Waals surface area (Å²) in [6.45, 7) is 8.96. The maximum absolute atomic E-state index is 13.0. The number of carbonyl (C=O) groups excluding carboxylic acids is 2. The third-order valence-corrected chi connectivity index (χ3v) is 4.49. The van der Waals surface area contributed by atoms with Gasteiger partial charge < -0.3 is 10.2 Å². The van der Waals surface area contributed by atoms with Crippen LogP contribution >= 0.6 is 0 Å². The van der Waals surface area contributed by atoms with Crippen molar-refractivity contribution in [2.24, 2.45) is 5.92 Å². The van der Waals surface area contributed by atoms with Gasteiger partial charge in [0.1, 0.15) is 6.04 Å². The second-order valence-corrected chi connectivity index (χ2v) is 7.49. The zero-order valence-corrected chi connectivity index (χ0v) is 16.7. The molecule has 0 aliphatic carbocycles. The number of carbonyl (C=O) groups is 2. The van der Waals surface area contributed by atoms with E-state index < -0.39 is 6.04 Å². The second-order valence-electron chi connectivity index (χ2n) is 7.49. The molecule has 0 radical (unpaired) electrons. The molecule has 27 heavy (non-hydrogen) atoms. The Morgan fingerprint density at radius 3 is 2.26 bits per heavy atom. The number of hydrogen-bond donors (Lipinski definition) is 1. The van der Waals surface area contributed by atoms with Gasteiger partial charge in [-0.3, -0.25) is 9.59 Å². The van der Waals surface area contributed by atoms with E-state index in [0.29, 0.717) is 19.0 Å². The Bertz CT molecular complexity index is 756. The molecular formula is C23H30N2O2. The molecule has 4 nitrogen and oxygen atoms in total. The molecule has 1 N–H and O–H groups in total. The van der Waals surface area contributed by atoms with Crippen LogP contribution < -0.4 is 5.32 Å². The van der Waals surface area contributed by atoms with Crippen LogP contribution in [0.3, 0.4) is 0 Å². The average molecular weight is 367 g/mol. The van der Waals surface area contributed by atoms with Crippen molar-refractivity contribution in [1.82, 2.24) is 10.2 Å². The van der Waals surface area contributed by atoms with Crippen LogP contribution in [0, 0.1) is 12.8 Å². The van der Waals surface area contributed by atoms with Crippen LogP contribution in [0.5, 0.6) is 0 Å². The van der Waals surface area contributed by atoms with Crippen molar-refractivity contribution in [3.8, 4) is 0 Å². The van der Waals surface area contributed by atoms with Crippen molar-refractivity contribution in [2.45, 2.75) is 46.7 Å². The van der Waals surface area contributed by atoms with E-state index in [1.807, 2.05) is 55.5 Å². The Labute approximate surface area is 162 Å². The summed E-state index contributed by atoms with van der Waals surface area (Å²) in [6, 6.07) is 17.2. The molecule has 0 bridgehead atoms. The first kappa shape index (κ1) is 20.7. The van der Waals surface area contributed by atoms with Gasteiger partial charge in [-0.2, -0.15) is 0 Å². The highest BCUT2D eigenvalue weighted by Crippen LogP contribution is 2.14. The quantitative estimate of drug-likeness (QED) is 0.774. The summed E-state index contributed by atoms with van der Waals surface area (Å²) >= 11 is 0. The molecule has 2 amide bonds. The minimum atomic E-state index is -0.527. The number of nitrogens with zero attached hydrogens (tertiary/aromatic N) is 1. The first-order chi connectivity index (χ1) is 12.9. The number of rotatable bonds is 8. The summed E-state index contributed by atoms with van der Waals surface area (Å²) in [5.41, 5.74) is 3.12. The molecule has 2 rings (SSSR count). The van der Waals surface area contributed by atoms with E-state index in [1.165, 1.54) is 0 Å². The molecule has 2 aromatic carbocycles. The van der Waals surface area contributed by atoms with Gasteiger partial charge in [0.2, 0.25) is 11.8 Å². The molecule has 0 aromatic heterocycles. The summed E-state index contributed by atoms with van der Waals surface area (Å²) in [6.07, 6.45) is 0.286. The standard InChI is InChI=1S/C23H30N2O2/c1-17(2)15-24-23(27)19(4)25(16-21-12-8-9-18(3)13-21)22(26)14-20-10-6-5-7-11-20/h5-13,17,19H,14-16H2,1-4H3,(H,24,27). The van der Waals surface area contributed by atoms with E-state index >= 15 is 0 Å². The van der Waals surface area contributed by atoms with E-state index in [9.17, 15) is 9.59 Å². The molecule has 1 atom stereocenters. The fraction of sp³-hybridized carbons (Fsp3) is 0.391. The highest BCUT2D eigenvalue weighted by molar-refractivity contribution is 5.88. The average Bonchev–Trinajstić information content (AvgIpc) is 2.64. The molecule has 0 aliphatic heterocycles. The molecule has 0 heterocycles. The van der Waals surface area contributed by atoms with E-state index in [0.717, 1.165) is 16.7 Å². The van der Waals surface area contributed by atoms with Gasteiger partial charge in [-0.05, 0) is 30.9 Å². The predicted molar refractivity (Wildman–Crippen MR) is 109 cm³/mol. The highest BCUT2D eigenvalue weighted by Gasteiger charge is 2.26. The van der Waals surface area contributed by atoms with E-state index in [1.54, 1.807) is 11.8 Å². The zero-order valence-electron chi connectivity index (χ0n) is 16.7. The van der Waals surface area contributed by atoms with Crippen LogP contribution in [-0.4, -0.2) is 29.3 Å². The lowest BCUT2D eigenvalue weighted by atomic mass is 10.1. The summed E-state index contributed by atoms with van der Waals surface area (Å²) in [5.74, 6) is 0.207. The lowest BCUT2D eigenvalue weighted by molar-refractivity contribution is -0.140. The molecule has 1 unspecified atom stereocenters. The van der Waals surface area contributed by atoms with Crippen LogP contribution in [0.1, 0.15) is 37.5 Å². The van der Waals surface area contributed by atoms with Crippen molar-refractivity contribution in [2.75, 3.05) is 6.54 Å². The van der Waals surface area contributed by atoms with Gasteiger partial charge in [-0.1, -0.05) is 74.0 Å². The Balaban J connectivity index is 2.18. The van der Waals surface area contributed by atoms with E-state index in [4.69, 9.17) is 0 Å². The minimum Gasteiger partial charge on any atom is -0.354 e. The minimum absolute atomic E-state index is 0.0464. The topological polar surface area (TPSA) is 49.4 Å². The number of aryl methyl sites for hydroxylation is 1. The van der Waals surface area contributed by atoms with Gasteiger partial charge in [-0.15, -0.1) is 0 Å². The highest BCUT2D eigenvalue weighted by atomic mass is 16.2. The van der Waals surface area contributed by atoms with Crippen LogP contribution in [0.15, 0.2) is 54.6 Å². The monoisotopic (exact) mass is 366 g/mol. The first-order valence-electron chi connectivity index (χ1n) is 9.53. The fourth-order valence-electron chi connectivity index (χ4n) is 2.91. The van der Waals surface area contributed by atoms with Crippen LogP contribution in [-0.2, 0) is 22.6 Å². The summed E-state index contributed by atoms with van der Waals surface area (Å²) in [5, 5.41) is 2.95. The zero-order chi connectivity index (χ0) is 19.8. The molecule has 0 fully saturated rings. The second kappa shape index (κ2) is 9.91. The third-order valence-electron chi connectivity index (χ3n) is 4.49. The number of benzene rings is 2. The molecule has 0 saturated carbocycles. The third kappa shape index (κ3) is 6.55. The number of hydrogen-bond acceptors (Lipinski definition) is 2. The summed E-state index contributed by atoms with van der Waals surface area (Å²) < 4.78 is 0. The van der Waals surface area contributed by atoms with Crippen molar-refractivity contribution >= 4 is 11.8 Å². The van der Waals surface area contributed by atoms with E-state index in [2.05, 4.69) is 25.2 Å². The SMILES string of the molecule is Cc1cccc(CN(C(=O)Cc2ccccc2)C(C)C(=O)NCC(C)C)c1. The normalized spacial score (nSPS) is 11.9. The molecule has 4 heteroatoms. The maximum Gasteiger partial charge on any atom is 0.242 e. The molecule has 0 aliphatic rings. The largest absolute Gasteiger partial charge is 0.354 e. The number of nitrogens with one attached hydrogen (secondary N) is 1. The van der Waals surface area contributed by atoms with Crippen molar-refractivity contribution in [1.29, 1.82) is 0 Å². The first-order valence-corrected chi connectivity index (χ1v) is 9.53. The van der Waals surface area contributed by atoms with Gasteiger partial charge in [0.25, 0.3) is 0 Å². The van der Waals surface area contributed by atoms with Gasteiger partial charge in [-0.25, -0.2) is 0 Å². The Kier molecular flexibility index (Phi) is 7.59. The van der Waals surface area contributed by atoms with Gasteiger partial charge in [0.15, 0.2) is 0 Å². The van der Waals surface area contributed by atoms with Gasteiger partial charge >= 0.3 is 0 Å². The smallest absolute Gasteiger partial charge is 0.242 e. The molecule has 2 aromatic rings. The Hall–Kier alpha value is -2.62. The fourth-order valence-corrected chi connectivity index (χ4v) is 2.91.